The molecule has 0 radical (unpaired) electrons. The minimum atomic E-state index is -4.65. The Morgan fingerprint density at radius 1 is 1.29 bits per heavy atom. The highest BCUT2D eigenvalue weighted by molar-refractivity contribution is 5.93. The standard InChI is InChI=1S/C17H19F4NO2/c1-10(2)16(4-3-14(23)8-16)15(24)22-9-11-5-12(17(19,20)21)7-13(18)6-11/h5-7,10H,3-4,8-9H2,1-2H3,(H,22,24). The van der Waals surface area contributed by atoms with Crippen molar-refractivity contribution in [2.24, 2.45) is 11.3 Å². The Balaban J connectivity index is 2.14. The molecule has 3 nitrogen and oxygen atoms in total. The summed E-state index contributed by atoms with van der Waals surface area (Å²) in [6.07, 6.45) is -3.78. The molecule has 1 aliphatic carbocycles. The predicted molar refractivity (Wildman–Crippen MR) is 79.4 cm³/mol. The fourth-order valence-corrected chi connectivity index (χ4v) is 3.11. The summed E-state index contributed by atoms with van der Waals surface area (Å²) < 4.78 is 51.5. The van der Waals surface area contributed by atoms with Gasteiger partial charge >= 0.3 is 6.18 Å². The van der Waals surface area contributed by atoms with E-state index in [4.69, 9.17) is 0 Å². The number of amides is 1. The first-order valence-electron chi connectivity index (χ1n) is 7.71. The molecule has 0 aromatic heterocycles. The molecule has 1 saturated carbocycles. The van der Waals surface area contributed by atoms with E-state index in [2.05, 4.69) is 5.32 Å². The van der Waals surface area contributed by atoms with Gasteiger partial charge in [-0.3, -0.25) is 9.59 Å². The highest BCUT2D eigenvalue weighted by Gasteiger charge is 2.47. The molecule has 0 aliphatic heterocycles. The van der Waals surface area contributed by atoms with Crippen molar-refractivity contribution in [3.05, 3.63) is 35.1 Å². The van der Waals surface area contributed by atoms with Crippen LogP contribution in [-0.2, 0) is 22.3 Å². The quantitative estimate of drug-likeness (QED) is 0.843. The van der Waals surface area contributed by atoms with Gasteiger partial charge in [0.25, 0.3) is 0 Å². The molecule has 0 bridgehead atoms. The van der Waals surface area contributed by atoms with E-state index in [0.717, 1.165) is 12.1 Å². The monoisotopic (exact) mass is 345 g/mol. The van der Waals surface area contributed by atoms with Gasteiger partial charge in [-0.25, -0.2) is 4.39 Å². The number of carbonyl (C=O) groups is 2. The van der Waals surface area contributed by atoms with Gasteiger partial charge in [0.05, 0.1) is 11.0 Å². The minimum Gasteiger partial charge on any atom is -0.352 e. The number of Topliss-reactive ketones (excluding diaryl/α,β-unsaturated/α-hetero) is 1. The van der Waals surface area contributed by atoms with Crippen LogP contribution in [0.15, 0.2) is 18.2 Å². The normalized spacial score (nSPS) is 21.4. The number of carbonyl (C=O) groups excluding carboxylic acids is 2. The number of hydrogen-bond donors (Lipinski definition) is 1. The van der Waals surface area contributed by atoms with Crippen LogP contribution in [0.25, 0.3) is 0 Å². The van der Waals surface area contributed by atoms with Gasteiger partial charge in [-0.2, -0.15) is 13.2 Å². The molecule has 2 rings (SSSR count). The summed E-state index contributed by atoms with van der Waals surface area (Å²) >= 11 is 0. The second-order valence-electron chi connectivity index (χ2n) is 6.55. The van der Waals surface area contributed by atoms with Gasteiger partial charge in [0, 0.05) is 19.4 Å². The van der Waals surface area contributed by atoms with Crippen molar-refractivity contribution in [1.29, 1.82) is 0 Å². The number of ketones is 1. The first-order valence-corrected chi connectivity index (χ1v) is 7.71. The van der Waals surface area contributed by atoms with Crippen molar-refractivity contribution in [2.45, 2.75) is 45.8 Å². The lowest BCUT2D eigenvalue weighted by atomic mass is 9.75. The molecule has 24 heavy (non-hydrogen) atoms. The minimum absolute atomic E-state index is 0.00367. The number of alkyl halides is 3. The summed E-state index contributed by atoms with van der Waals surface area (Å²) in [5.74, 6) is -1.46. The second kappa shape index (κ2) is 6.53. The molecule has 1 unspecified atom stereocenters. The Labute approximate surface area is 137 Å². The van der Waals surface area contributed by atoms with Crippen LogP contribution >= 0.6 is 0 Å². The number of hydrogen-bond acceptors (Lipinski definition) is 2. The third-order valence-electron chi connectivity index (χ3n) is 4.66. The maximum atomic E-state index is 13.4. The molecule has 0 saturated heterocycles. The summed E-state index contributed by atoms with van der Waals surface area (Å²) in [7, 11) is 0. The summed E-state index contributed by atoms with van der Waals surface area (Å²) in [6, 6.07) is 2.18. The summed E-state index contributed by atoms with van der Waals surface area (Å²) in [4.78, 5) is 24.1. The molecule has 0 spiro atoms. The lowest BCUT2D eigenvalue weighted by Crippen LogP contribution is -2.42. The van der Waals surface area contributed by atoms with E-state index in [9.17, 15) is 27.2 Å². The number of nitrogens with one attached hydrogen (secondary N) is 1. The summed E-state index contributed by atoms with van der Waals surface area (Å²) in [6.45, 7) is 3.45. The highest BCUT2D eigenvalue weighted by atomic mass is 19.4. The molecule has 1 aromatic rings. The van der Waals surface area contributed by atoms with E-state index in [1.54, 1.807) is 0 Å². The zero-order chi connectivity index (χ0) is 18.1. The van der Waals surface area contributed by atoms with Gasteiger partial charge in [-0.05, 0) is 36.1 Å². The third kappa shape index (κ3) is 3.76. The molecule has 1 atom stereocenters. The Bertz CT molecular complexity index is 654. The van der Waals surface area contributed by atoms with E-state index in [0.29, 0.717) is 18.9 Å². The predicted octanol–water partition coefficient (Wildman–Crippen LogP) is 3.86. The van der Waals surface area contributed by atoms with Gasteiger partial charge < -0.3 is 5.32 Å². The second-order valence-corrected chi connectivity index (χ2v) is 6.55. The number of rotatable bonds is 4. The zero-order valence-corrected chi connectivity index (χ0v) is 13.5. The Morgan fingerprint density at radius 2 is 1.96 bits per heavy atom. The Morgan fingerprint density at radius 3 is 2.46 bits per heavy atom. The molecule has 1 fully saturated rings. The Hall–Kier alpha value is -1.92. The van der Waals surface area contributed by atoms with Crippen molar-refractivity contribution in [2.75, 3.05) is 0 Å². The third-order valence-corrected chi connectivity index (χ3v) is 4.66. The lowest BCUT2D eigenvalue weighted by Gasteiger charge is -2.31. The fourth-order valence-electron chi connectivity index (χ4n) is 3.11. The summed E-state index contributed by atoms with van der Waals surface area (Å²) in [5.41, 5.74) is -1.91. The first-order chi connectivity index (χ1) is 11.0. The van der Waals surface area contributed by atoms with Gasteiger partial charge in [0.2, 0.25) is 5.91 Å². The first kappa shape index (κ1) is 18.4. The smallest absolute Gasteiger partial charge is 0.352 e. The molecule has 1 aromatic carbocycles. The average Bonchev–Trinajstić information content (AvgIpc) is 2.87. The van der Waals surface area contributed by atoms with Crippen LogP contribution in [0.4, 0.5) is 17.6 Å². The van der Waals surface area contributed by atoms with Crippen molar-refractivity contribution in [1.82, 2.24) is 5.32 Å². The van der Waals surface area contributed by atoms with Crippen molar-refractivity contribution >= 4 is 11.7 Å². The Kier molecular flexibility index (Phi) is 5.01. The zero-order valence-electron chi connectivity index (χ0n) is 13.5. The van der Waals surface area contributed by atoms with E-state index in [1.807, 2.05) is 13.8 Å². The molecule has 7 heteroatoms. The largest absolute Gasteiger partial charge is 0.416 e. The van der Waals surface area contributed by atoms with Gasteiger partial charge in [-0.1, -0.05) is 13.8 Å². The van der Waals surface area contributed by atoms with E-state index >= 15 is 0 Å². The maximum Gasteiger partial charge on any atom is 0.416 e. The van der Waals surface area contributed by atoms with Crippen LogP contribution in [-0.4, -0.2) is 11.7 Å². The van der Waals surface area contributed by atoms with Gasteiger partial charge in [0.1, 0.15) is 11.6 Å². The van der Waals surface area contributed by atoms with Crippen molar-refractivity contribution in [3.8, 4) is 0 Å². The maximum absolute atomic E-state index is 13.4. The topological polar surface area (TPSA) is 46.2 Å². The lowest BCUT2D eigenvalue weighted by molar-refractivity contribution is -0.137. The fraction of sp³-hybridized carbons (Fsp3) is 0.529. The molecule has 1 N–H and O–H groups in total. The van der Waals surface area contributed by atoms with Crippen molar-refractivity contribution < 1.29 is 27.2 Å². The van der Waals surface area contributed by atoms with Crippen LogP contribution in [0.2, 0.25) is 0 Å². The van der Waals surface area contributed by atoms with Crippen LogP contribution in [0, 0.1) is 17.2 Å². The van der Waals surface area contributed by atoms with Crippen LogP contribution in [0.5, 0.6) is 0 Å². The number of halogens is 4. The molecular formula is C17H19F4NO2. The van der Waals surface area contributed by atoms with E-state index in [-0.39, 0.29) is 36.1 Å². The van der Waals surface area contributed by atoms with Crippen molar-refractivity contribution in [3.63, 3.8) is 0 Å². The average molecular weight is 345 g/mol. The highest BCUT2D eigenvalue weighted by Crippen LogP contribution is 2.42. The van der Waals surface area contributed by atoms with E-state index < -0.39 is 23.0 Å². The number of benzene rings is 1. The molecule has 132 valence electrons. The van der Waals surface area contributed by atoms with Crippen LogP contribution < -0.4 is 5.32 Å². The van der Waals surface area contributed by atoms with Gasteiger partial charge in [-0.15, -0.1) is 0 Å². The van der Waals surface area contributed by atoms with Gasteiger partial charge in [0.15, 0.2) is 0 Å². The molecular weight excluding hydrogens is 326 g/mol. The summed E-state index contributed by atoms with van der Waals surface area (Å²) in [5, 5.41) is 2.56. The molecule has 0 heterocycles. The van der Waals surface area contributed by atoms with Crippen LogP contribution in [0.3, 0.4) is 0 Å². The SMILES string of the molecule is CC(C)C1(C(=O)NCc2cc(F)cc(C(F)(F)F)c2)CCC(=O)C1. The van der Waals surface area contributed by atoms with Crippen LogP contribution in [0.1, 0.15) is 44.2 Å². The molecule has 1 aliphatic rings. The van der Waals surface area contributed by atoms with E-state index in [1.165, 1.54) is 0 Å². The molecule has 1 amide bonds.